The van der Waals surface area contributed by atoms with Crippen LogP contribution in [0.1, 0.15) is 5.69 Å². The predicted molar refractivity (Wildman–Crippen MR) is 54.6 cm³/mol. The van der Waals surface area contributed by atoms with Gasteiger partial charge in [0.2, 0.25) is 0 Å². The molecule has 2 aromatic rings. The number of hydrogen-bond acceptors (Lipinski definition) is 3. The maximum atomic E-state index is 4.28. The van der Waals surface area contributed by atoms with E-state index >= 15 is 0 Å². The van der Waals surface area contributed by atoms with E-state index < -0.39 is 0 Å². The van der Waals surface area contributed by atoms with Gasteiger partial charge in [-0.15, -0.1) is 0 Å². The lowest BCUT2D eigenvalue weighted by atomic mass is 10.1. The minimum atomic E-state index is 0.770. The number of hydrogen-bond donors (Lipinski definition) is 2. The molecular weight excluding hydrogens is 176 g/mol. The molecule has 0 saturated heterocycles. The fourth-order valence-corrected chi connectivity index (χ4v) is 1.37. The molecule has 0 fully saturated rings. The third-order valence-corrected chi connectivity index (χ3v) is 2.01. The molecule has 2 rings (SSSR count). The molecule has 4 heteroatoms. The van der Waals surface area contributed by atoms with Crippen molar-refractivity contribution in [3.8, 4) is 11.3 Å². The number of nitrogens with one attached hydrogen (secondary N) is 2. The monoisotopic (exact) mass is 188 g/mol. The van der Waals surface area contributed by atoms with Crippen molar-refractivity contribution in [1.29, 1.82) is 0 Å². The third-order valence-electron chi connectivity index (χ3n) is 2.01. The van der Waals surface area contributed by atoms with Crippen LogP contribution < -0.4 is 5.32 Å². The average molecular weight is 188 g/mol. The lowest BCUT2D eigenvalue weighted by Crippen LogP contribution is -2.06. The Labute approximate surface area is 82.4 Å². The van der Waals surface area contributed by atoms with E-state index in [-0.39, 0.29) is 0 Å². The lowest BCUT2D eigenvalue weighted by Gasteiger charge is -2.00. The van der Waals surface area contributed by atoms with Crippen LogP contribution in [0, 0.1) is 0 Å². The summed E-state index contributed by atoms with van der Waals surface area (Å²) in [5, 5.41) is 10.0. The van der Waals surface area contributed by atoms with Gasteiger partial charge in [-0.1, -0.05) is 6.07 Å². The summed E-state index contributed by atoms with van der Waals surface area (Å²) >= 11 is 0. The Kier molecular flexibility index (Phi) is 2.55. The van der Waals surface area contributed by atoms with E-state index in [2.05, 4.69) is 20.5 Å². The van der Waals surface area contributed by atoms with E-state index in [1.807, 2.05) is 25.2 Å². The van der Waals surface area contributed by atoms with Gasteiger partial charge in [0.1, 0.15) is 0 Å². The summed E-state index contributed by atoms with van der Waals surface area (Å²) in [6, 6.07) is 5.85. The molecule has 14 heavy (non-hydrogen) atoms. The van der Waals surface area contributed by atoms with E-state index in [0.29, 0.717) is 0 Å². The molecule has 0 unspecified atom stereocenters. The van der Waals surface area contributed by atoms with Crippen molar-refractivity contribution in [2.75, 3.05) is 7.05 Å². The van der Waals surface area contributed by atoms with E-state index in [9.17, 15) is 0 Å². The molecule has 0 aliphatic rings. The fraction of sp³-hybridized carbons (Fsp3) is 0.200. The van der Waals surface area contributed by atoms with E-state index in [1.54, 1.807) is 12.4 Å². The molecule has 0 atom stereocenters. The molecule has 0 amide bonds. The number of pyridine rings is 1. The Morgan fingerprint density at radius 3 is 3.07 bits per heavy atom. The minimum absolute atomic E-state index is 0.770. The first-order chi connectivity index (χ1) is 6.92. The smallest absolute Gasteiger partial charge is 0.0736 e. The van der Waals surface area contributed by atoms with Crippen molar-refractivity contribution >= 4 is 0 Å². The van der Waals surface area contributed by atoms with Gasteiger partial charge in [0.25, 0.3) is 0 Å². The van der Waals surface area contributed by atoms with Crippen LogP contribution in [0.25, 0.3) is 11.3 Å². The van der Waals surface area contributed by atoms with Crippen LogP contribution in [-0.4, -0.2) is 22.2 Å². The predicted octanol–water partition coefficient (Wildman–Crippen LogP) is 1.19. The fourth-order valence-electron chi connectivity index (χ4n) is 1.37. The minimum Gasteiger partial charge on any atom is -0.314 e. The van der Waals surface area contributed by atoms with E-state index in [0.717, 1.165) is 23.5 Å². The van der Waals surface area contributed by atoms with Crippen molar-refractivity contribution in [2.24, 2.45) is 0 Å². The zero-order valence-corrected chi connectivity index (χ0v) is 7.99. The van der Waals surface area contributed by atoms with Crippen LogP contribution in [0.4, 0.5) is 0 Å². The molecule has 72 valence electrons. The first-order valence-electron chi connectivity index (χ1n) is 4.50. The first kappa shape index (κ1) is 8.90. The number of nitrogens with zero attached hydrogens (tertiary/aromatic N) is 2. The summed E-state index contributed by atoms with van der Waals surface area (Å²) in [6.45, 7) is 0.770. The first-order valence-corrected chi connectivity index (χ1v) is 4.50. The third kappa shape index (κ3) is 1.65. The molecule has 0 aliphatic carbocycles. The Balaban J connectivity index is 2.37. The highest BCUT2D eigenvalue weighted by Crippen LogP contribution is 2.18. The topological polar surface area (TPSA) is 53.6 Å². The van der Waals surface area contributed by atoms with Crippen LogP contribution in [0.3, 0.4) is 0 Å². The Bertz CT molecular complexity index is 394. The normalized spacial score (nSPS) is 10.4. The number of aromatic nitrogens is 3. The van der Waals surface area contributed by atoms with E-state index in [4.69, 9.17) is 0 Å². The van der Waals surface area contributed by atoms with Gasteiger partial charge < -0.3 is 5.32 Å². The Morgan fingerprint density at radius 2 is 2.36 bits per heavy atom. The highest BCUT2D eigenvalue weighted by atomic mass is 15.1. The average Bonchev–Trinajstić information content (AvgIpc) is 2.68. The summed E-state index contributed by atoms with van der Waals surface area (Å²) < 4.78 is 0. The van der Waals surface area contributed by atoms with Crippen molar-refractivity contribution in [2.45, 2.75) is 6.54 Å². The molecule has 0 radical (unpaired) electrons. The van der Waals surface area contributed by atoms with Crippen molar-refractivity contribution in [3.63, 3.8) is 0 Å². The zero-order valence-electron chi connectivity index (χ0n) is 7.99. The molecular formula is C10H12N4. The summed E-state index contributed by atoms with van der Waals surface area (Å²) in [5.74, 6) is 0. The SMILES string of the molecule is CNCc1[nH]ncc1-c1ccccn1. The second kappa shape index (κ2) is 4.02. The van der Waals surface area contributed by atoms with Crippen molar-refractivity contribution < 1.29 is 0 Å². The van der Waals surface area contributed by atoms with Crippen LogP contribution >= 0.6 is 0 Å². The highest BCUT2D eigenvalue weighted by molar-refractivity contribution is 5.60. The van der Waals surface area contributed by atoms with Gasteiger partial charge in [-0.3, -0.25) is 10.1 Å². The zero-order chi connectivity index (χ0) is 9.80. The standard InChI is InChI=1S/C10H12N4/c1-11-7-10-8(6-13-14-10)9-4-2-3-5-12-9/h2-6,11H,7H2,1H3,(H,13,14). The summed E-state index contributed by atoms with van der Waals surface area (Å²) in [6.07, 6.45) is 3.58. The molecule has 0 aliphatic heterocycles. The van der Waals surface area contributed by atoms with Crippen LogP contribution in [0.2, 0.25) is 0 Å². The van der Waals surface area contributed by atoms with Gasteiger partial charge in [0.05, 0.1) is 17.6 Å². The Morgan fingerprint density at radius 1 is 1.43 bits per heavy atom. The second-order valence-corrected chi connectivity index (χ2v) is 3.01. The maximum absolute atomic E-state index is 4.28. The van der Waals surface area contributed by atoms with Gasteiger partial charge in [-0.25, -0.2) is 0 Å². The summed E-state index contributed by atoms with van der Waals surface area (Å²) in [5.41, 5.74) is 3.07. The summed E-state index contributed by atoms with van der Waals surface area (Å²) in [4.78, 5) is 4.28. The van der Waals surface area contributed by atoms with Gasteiger partial charge in [-0.05, 0) is 19.2 Å². The van der Waals surface area contributed by atoms with Crippen LogP contribution in [0.15, 0.2) is 30.6 Å². The molecule has 4 nitrogen and oxygen atoms in total. The van der Waals surface area contributed by atoms with Gasteiger partial charge >= 0.3 is 0 Å². The van der Waals surface area contributed by atoms with Gasteiger partial charge in [-0.2, -0.15) is 5.10 Å². The highest BCUT2D eigenvalue weighted by Gasteiger charge is 2.06. The molecule has 0 spiro atoms. The van der Waals surface area contributed by atoms with Crippen LogP contribution in [0.5, 0.6) is 0 Å². The molecule has 2 heterocycles. The maximum Gasteiger partial charge on any atom is 0.0736 e. The van der Waals surface area contributed by atoms with E-state index in [1.165, 1.54) is 0 Å². The second-order valence-electron chi connectivity index (χ2n) is 3.01. The molecule has 2 N–H and O–H groups in total. The molecule has 0 saturated carbocycles. The quantitative estimate of drug-likeness (QED) is 0.760. The number of H-pyrrole nitrogens is 1. The number of aromatic amines is 1. The molecule has 0 aromatic carbocycles. The van der Waals surface area contributed by atoms with Crippen LogP contribution in [-0.2, 0) is 6.54 Å². The largest absolute Gasteiger partial charge is 0.314 e. The Hall–Kier alpha value is -1.68. The van der Waals surface area contributed by atoms with Gasteiger partial charge in [0.15, 0.2) is 0 Å². The molecule has 2 aromatic heterocycles. The number of rotatable bonds is 3. The summed E-state index contributed by atoms with van der Waals surface area (Å²) in [7, 11) is 1.91. The van der Waals surface area contributed by atoms with Crippen molar-refractivity contribution in [1.82, 2.24) is 20.5 Å². The molecule has 0 bridgehead atoms. The van der Waals surface area contributed by atoms with Crippen molar-refractivity contribution in [3.05, 3.63) is 36.3 Å². The van der Waals surface area contributed by atoms with Gasteiger partial charge in [0, 0.05) is 18.3 Å². The lowest BCUT2D eigenvalue weighted by molar-refractivity contribution is 0.785.